The van der Waals surface area contributed by atoms with E-state index in [9.17, 15) is 0 Å². The van der Waals surface area contributed by atoms with E-state index in [1.165, 1.54) is 5.39 Å². The Labute approximate surface area is 99.8 Å². The third kappa shape index (κ3) is 2.13. The lowest BCUT2D eigenvalue weighted by Gasteiger charge is -2.06. The van der Waals surface area contributed by atoms with E-state index in [-0.39, 0.29) is 6.61 Å². The Bertz CT molecular complexity index is 528. The zero-order valence-corrected chi connectivity index (χ0v) is 9.91. The molecule has 2 nitrogen and oxygen atoms in total. The van der Waals surface area contributed by atoms with Gasteiger partial charge in [-0.2, -0.15) is 0 Å². The minimum atomic E-state index is 0.0748. The maximum Gasteiger partial charge on any atom is 0.0682 e. The molecule has 0 radical (unpaired) electrons. The lowest BCUT2D eigenvalue weighted by molar-refractivity contribution is 0.282. The van der Waals surface area contributed by atoms with Crippen LogP contribution in [0.5, 0.6) is 0 Å². The van der Waals surface area contributed by atoms with E-state index in [0.29, 0.717) is 0 Å². The highest BCUT2D eigenvalue weighted by Gasteiger charge is 2.02. The van der Waals surface area contributed by atoms with Crippen LogP contribution in [0.2, 0.25) is 0 Å². The maximum absolute atomic E-state index is 9.11. The molecule has 0 spiro atoms. The van der Waals surface area contributed by atoms with Gasteiger partial charge >= 0.3 is 0 Å². The summed E-state index contributed by atoms with van der Waals surface area (Å²) in [6, 6.07) is 8.04. The number of aliphatic hydroxyl groups excluding tert-OH is 1. The van der Waals surface area contributed by atoms with Crippen molar-refractivity contribution in [1.82, 2.24) is 4.57 Å². The van der Waals surface area contributed by atoms with E-state index in [0.717, 1.165) is 23.2 Å². The minimum Gasteiger partial charge on any atom is -0.392 e. The molecule has 0 saturated heterocycles. The van der Waals surface area contributed by atoms with Crippen LogP contribution < -0.4 is 0 Å². The Kier molecular flexibility index (Phi) is 3.32. The van der Waals surface area contributed by atoms with Crippen LogP contribution in [0.15, 0.2) is 41.6 Å². The molecule has 84 valence electrons. The summed E-state index contributed by atoms with van der Waals surface area (Å²) in [6.45, 7) is 2.85. The van der Waals surface area contributed by atoms with Gasteiger partial charge in [0, 0.05) is 23.8 Å². The summed E-state index contributed by atoms with van der Waals surface area (Å²) in [5, 5.41) is 10.3. The van der Waals surface area contributed by atoms with Gasteiger partial charge in [0.2, 0.25) is 0 Å². The lowest BCUT2D eigenvalue weighted by Crippen LogP contribution is -1.97. The molecular weight excluding hydrogens is 222 g/mol. The third-order valence-corrected chi connectivity index (χ3v) is 3.00. The van der Waals surface area contributed by atoms with Crippen molar-refractivity contribution in [1.29, 1.82) is 0 Å². The van der Waals surface area contributed by atoms with Gasteiger partial charge in [-0.3, -0.25) is 0 Å². The first-order valence-electron chi connectivity index (χ1n) is 5.19. The highest BCUT2D eigenvalue weighted by Crippen LogP contribution is 2.19. The van der Waals surface area contributed by atoms with Crippen LogP contribution in [0.1, 0.15) is 12.5 Å². The van der Waals surface area contributed by atoms with Crippen molar-refractivity contribution >= 4 is 22.5 Å². The molecule has 0 aliphatic carbocycles. The van der Waals surface area contributed by atoms with Gasteiger partial charge in [0.25, 0.3) is 0 Å². The van der Waals surface area contributed by atoms with Gasteiger partial charge in [-0.05, 0) is 35.6 Å². The summed E-state index contributed by atoms with van der Waals surface area (Å²) in [5.41, 5.74) is 4.76. The number of aromatic nitrogens is 1. The van der Waals surface area contributed by atoms with E-state index in [4.69, 9.17) is 16.7 Å². The molecule has 0 amide bonds. The van der Waals surface area contributed by atoms with Crippen molar-refractivity contribution in [3.05, 3.63) is 47.1 Å². The Balaban J connectivity index is 2.45. The highest BCUT2D eigenvalue weighted by atomic mass is 35.5. The van der Waals surface area contributed by atoms with E-state index in [1.54, 1.807) is 5.54 Å². The molecule has 2 aromatic rings. The number of aliphatic hydroxyl groups is 1. The quantitative estimate of drug-likeness (QED) is 0.868. The average molecular weight is 236 g/mol. The normalized spacial score (nSPS) is 12.3. The first-order chi connectivity index (χ1) is 7.74. The van der Waals surface area contributed by atoms with Crippen LogP contribution in [0.25, 0.3) is 10.9 Å². The zero-order chi connectivity index (χ0) is 11.5. The molecule has 3 heteroatoms. The topological polar surface area (TPSA) is 25.2 Å². The number of hydrogen-bond donors (Lipinski definition) is 1. The van der Waals surface area contributed by atoms with Crippen molar-refractivity contribution in [2.45, 2.75) is 20.1 Å². The van der Waals surface area contributed by atoms with Crippen LogP contribution in [0, 0.1) is 0 Å². The molecular formula is C13H14ClNO. The van der Waals surface area contributed by atoms with Gasteiger partial charge in [-0.25, -0.2) is 0 Å². The van der Waals surface area contributed by atoms with Crippen molar-refractivity contribution in [2.24, 2.45) is 0 Å². The second-order valence-corrected chi connectivity index (χ2v) is 4.17. The van der Waals surface area contributed by atoms with E-state index < -0.39 is 0 Å². The zero-order valence-electron chi connectivity index (χ0n) is 9.15. The second kappa shape index (κ2) is 4.73. The van der Waals surface area contributed by atoms with Crippen molar-refractivity contribution in [3.8, 4) is 0 Å². The number of hydrogen-bond acceptors (Lipinski definition) is 1. The summed E-state index contributed by atoms with van der Waals surface area (Å²) in [7, 11) is 0. The number of halogens is 1. The second-order valence-electron chi connectivity index (χ2n) is 3.95. The first kappa shape index (κ1) is 11.2. The lowest BCUT2D eigenvalue weighted by atomic mass is 10.2. The van der Waals surface area contributed by atoms with Crippen LogP contribution >= 0.6 is 11.6 Å². The monoisotopic (exact) mass is 235 g/mol. The highest BCUT2D eigenvalue weighted by molar-refractivity contribution is 6.25. The van der Waals surface area contributed by atoms with Gasteiger partial charge in [0.1, 0.15) is 0 Å². The SMILES string of the molecule is C/C(=C/Cl)Cn1ccc2ccc(CO)cc21. The molecule has 1 heterocycles. The molecule has 0 bridgehead atoms. The van der Waals surface area contributed by atoms with Gasteiger partial charge in [0.15, 0.2) is 0 Å². The fraction of sp³-hybridized carbons (Fsp3) is 0.231. The van der Waals surface area contributed by atoms with E-state index in [1.807, 2.05) is 31.3 Å². The van der Waals surface area contributed by atoms with E-state index >= 15 is 0 Å². The third-order valence-electron chi connectivity index (χ3n) is 2.63. The van der Waals surface area contributed by atoms with Gasteiger partial charge in [-0.15, -0.1) is 0 Å². The van der Waals surface area contributed by atoms with Crippen molar-refractivity contribution in [2.75, 3.05) is 0 Å². The fourth-order valence-electron chi connectivity index (χ4n) is 1.77. The summed E-state index contributed by atoms with van der Waals surface area (Å²) in [4.78, 5) is 0. The Morgan fingerprint density at radius 2 is 2.25 bits per heavy atom. The van der Waals surface area contributed by atoms with Crippen LogP contribution in [0.4, 0.5) is 0 Å². The predicted octanol–water partition coefficient (Wildman–Crippen LogP) is 3.28. The summed E-state index contributed by atoms with van der Waals surface area (Å²) >= 11 is 5.66. The molecule has 0 unspecified atom stereocenters. The molecule has 16 heavy (non-hydrogen) atoms. The number of nitrogens with zero attached hydrogens (tertiary/aromatic N) is 1. The van der Waals surface area contributed by atoms with Gasteiger partial charge < -0.3 is 9.67 Å². The fourth-order valence-corrected chi connectivity index (χ4v) is 1.84. The van der Waals surface area contributed by atoms with Crippen molar-refractivity contribution in [3.63, 3.8) is 0 Å². The van der Waals surface area contributed by atoms with Crippen LogP contribution in [-0.2, 0) is 13.2 Å². The molecule has 1 aromatic heterocycles. The van der Waals surface area contributed by atoms with Crippen LogP contribution in [-0.4, -0.2) is 9.67 Å². The molecule has 0 saturated carbocycles. The standard InChI is InChI=1S/C13H14ClNO/c1-10(7-14)8-15-5-4-12-3-2-11(9-16)6-13(12)15/h2-7,16H,8-9H2,1H3/b10-7-. The molecule has 0 atom stereocenters. The largest absolute Gasteiger partial charge is 0.392 e. The summed E-state index contributed by atoms with van der Waals surface area (Å²) < 4.78 is 2.13. The summed E-state index contributed by atoms with van der Waals surface area (Å²) in [6.07, 6.45) is 2.04. The molecule has 1 aromatic carbocycles. The Morgan fingerprint density at radius 3 is 2.94 bits per heavy atom. The number of fused-ring (bicyclic) bond motifs is 1. The van der Waals surface area contributed by atoms with Gasteiger partial charge in [-0.1, -0.05) is 23.7 Å². The predicted molar refractivity (Wildman–Crippen MR) is 67.5 cm³/mol. The number of rotatable bonds is 3. The maximum atomic E-state index is 9.11. The Morgan fingerprint density at radius 1 is 1.44 bits per heavy atom. The molecule has 0 aliphatic heterocycles. The minimum absolute atomic E-state index is 0.0748. The van der Waals surface area contributed by atoms with Crippen molar-refractivity contribution < 1.29 is 5.11 Å². The molecule has 2 rings (SSSR count). The Hall–Kier alpha value is -1.25. The number of allylic oxidation sites excluding steroid dienone is 1. The van der Waals surface area contributed by atoms with E-state index in [2.05, 4.69) is 10.6 Å². The summed E-state index contributed by atoms with van der Waals surface area (Å²) in [5.74, 6) is 0. The van der Waals surface area contributed by atoms with Crippen LogP contribution in [0.3, 0.4) is 0 Å². The molecule has 0 aliphatic rings. The number of benzene rings is 1. The molecule has 1 N–H and O–H groups in total. The molecule has 0 fully saturated rings. The first-order valence-corrected chi connectivity index (χ1v) is 5.62. The smallest absolute Gasteiger partial charge is 0.0682 e. The average Bonchev–Trinajstić information content (AvgIpc) is 2.71. The van der Waals surface area contributed by atoms with Gasteiger partial charge in [0.05, 0.1) is 6.61 Å².